The highest BCUT2D eigenvalue weighted by molar-refractivity contribution is 5.94. The third kappa shape index (κ3) is 4.28. The van der Waals surface area contributed by atoms with Crippen LogP contribution in [0.1, 0.15) is 15.9 Å². The average Bonchev–Trinajstić information content (AvgIpc) is 2.67. The first kappa shape index (κ1) is 17.2. The molecule has 1 aromatic heterocycles. The van der Waals surface area contributed by atoms with Gasteiger partial charge in [-0.3, -0.25) is 4.79 Å². The molecular weight excluding hydrogens is 316 g/mol. The predicted octanol–water partition coefficient (Wildman–Crippen LogP) is 1.91. The number of rotatable bonds is 5. The van der Waals surface area contributed by atoms with Crippen LogP contribution in [-0.2, 0) is 11.3 Å². The van der Waals surface area contributed by atoms with Crippen molar-refractivity contribution in [3.8, 4) is 0 Å². The van der Waals surface area contributed by atoms with Crippen molar-refractivity contribution >= 4 is 17.4 Å². The smallest absolute Gasteiger partial charge is 0.251 e. The van der Waals surface area contributed by atoms with Crippen LogP contribution in [0.3, 0.4) is 0 Å². The highest BCUT2D eigenvalue weighted by atomic mass is 16.5. The summed E-state index contributed by atoms with van der Waals surface area (Å²) in [7, 11) is 3.81. The van der Waals surface area contributed by atoms with Gasteiger partial charge in [-0.05, 0) is 23.8 Å². The summed E-state index contributed by atoms with van der Waals surface area (Å²) in [5, 5.41) is 3.02. The van der Waals surface area contributed by atoms with E-state index in [2.05, 4.69) is 27.3 Å². The lowest BCUT2D eigenvalue weighted by Crippen LogP contribution is -2.37. The summed E-state index contributed by atoms with van der Waals surface area (Å²) in [5.74, 6) is 0.670. The lowest BCUT2D eigenvalue weighted by atomic mass is 10.1. The number of aromatic nitrogens is 1. The van der Waals surface area contributed by atoms with Gasteiger partial charge in [-0.25, -0.2) is 4.98 Å². The van der Waals surface area contributed by atoms with Gasteiger partial charge in [-0.15, -0.1) is 0 Å². The van der Waals surface area contributed by atoms with Crippen LogP contribution in [0.15, 0.2) is 42.6 Å². The van der Waals surface area contributed by atoms with Crippen molar-refractivity contribution in [2.75, 3.05) is 50.2 Å². The van der Waals surface area contributed by atoms with E-state index in [1.54, 1.807) is 18.3 Å². The lowest BCUT2D eigenvalue weighted by molar-refractivity contribution is 0.0950. The van der Waals surface area contributed by atoms with Gasteiger partial charge in [0.2, 0.25) is 0 Å². The second kappa shape index (κ2) is 7.98. The molecule has 0 unspecified atom stereocenters. The van der Waals surface area contributed by atoms with Crippen LogP contribution in [0.5, 0.6) is 0 Å². The van der Waals surface area contributed by atoms with Crippen molar-refractivity contribution in [3.63, 3.8) is 0 Å². The maximum absolute atomic E-state index is 12.5. The van der Waals surface area contributed by atoms with Crippen molar-refractivity contribution in [2.45, 2.75) is 6.54 Å². The first-order chi connectivity index (χ1) is 12.1. The highest BCUT2D eigenvalue weighted by Crippen LogP contribution is 2.21. The molecule has 1 aliphatic rings. The van der Waals surface area contributed by atoms with Gasteiger partial charge in [-0.2, -0.15) is 0 Å². The van der Waals surface area contributed by atoms with E-state index in [1.807, 2.05) is 31.1 Å². The van der Waals surface area contributed by atoms with E-state index in [4.69, 9.17) is 4.74 Å². The number of amides is 1. The van der Waals surface area contributed by atoms with E-state index in [0.29, 0.717) is 12.1 Å². The standard InChI is InChI=1S/C19H24N4O2/c1-22(2)18-13-15(7-8-20-18)19(24)21-14-16-5-3-4-6-17(16)23-9-11-25-12-10-23/h3-8,13H,9-12,14H2,1-2H3,(H,21,24). The summed E-state index contributed by atoms with van der Waals surface area (Å²) in [5.41, 5.74) is 2.89. The number of anilines is 2. The molecule has 0 saturated carbocycles. The highest BCUT2D eigenvalue weighted by Gasteiger charge is 2.15. The number of carbonyl (C=O) groups excluding carboxylic acids is 1. The van der Waals surface area contributed by atoms with Crippen molar-refractivity contribution in [2.24, 2.45) is 0 Å². The fourth-order valence-corrected chi connectivity index (χ4v) is 2.85. The Morgan fingerprint density at radius 3 is 2.76 bits per heavy atom. The minimum absolute atomic E-state index is 0.0951. The topological polar surface area (TPSA) is 57.7 Å². The van der Waals surface area contributed by atoms with E-state index < -0.39 is 0 Å². The molecule has 0 spiro atoms. The van der Waals surface area contributed by atoms with Crippen LogP contribution in [0.4, 0.5) is 11.5 Å². The number of ether oxygens (including phenoxy) is 1. The summed E-state index contributed by atoms with van der Waals surface area (Å²) < 4.78 is 5.43. The first-order valence-corrected chi connectivity index (χ1v) is 8.47. The zero-order chi connectivity index (χ0) is 17.6. The van der Waals surface area contributed by atoms with Gasteiger partial charge >= 0.3 is 0 Å². The lowest BCUT2D eigenvalue weighted by Gasteiger charge is -2.30. The van der Waals surface area contributed by atoms with E-state index in [0.717, 1.165) is 43.4 Å². The SMILES string of the molecule is CN(C)c1cc(C(=O)NCc2ccccc2N2CCOCC2)ccn1. The summed E-state index contributed by atoms with van der Waals surface area (Å²) in [4.78, 5) is 20.9. The monoisotopic (exact) mass is 340 g/mol. The molecule has 0 bridgehead atoms. The Morgan fingerprint density at radius 1 is 1.24 bits per heavy atom. The van der Waals surface area contributed by atoms with Crippen molar-refractivity contribution in [1.29, 1.82) is 0 Å². The number of hydrogen-bond donors (Lipinski definition) is 1. The Balaban J connectivity index is 1.69. The number of benzene rings is 1. The van der Waals surface area contributed by atoms with E-state index in [9.17, 15) is 4.79 Å². The van der Waals surface area contributed by atoms with Gasteiger partial charge < -0.3 is 19.9 Å². The number of pyridine rings is 1. The zero-order valence-electron chi connectivity index (χ0n) is 14.7. The molecule has 6 nitrogen and oxygen atoms in total. The quantitative estimate of drug-likeness (QED) is 0.901. The van der Waals surface area contributed by atoms with Gasteiger partial charge in [-0.1, -0.05) is 18.2 Å². The third-order valence-electron chi connectivity index (χ3n) is 4.25. The molecule has 0 atom stereocenters. The molecule has 0 radical (unpaired) electrons. The molecule has 132 valence electrons. The molecule has 1 N–H and O–H groups in total. The molecule has 1 saturated heterocycles. The minimum atomic E-state index is -0.0951. The largest absolute Gasteiger partial charge is 0.378 e. The second-order valence-electron chi connectivity index (χ2n) is 6.21. The van der Waals surface area contributed by atoms with Crippen LogP contribution < -0.4 is 15.1 Å². The molecule has 1 amide bonds. The van der Waals surface area contributed by atoms with Crippen LogP contribution in [0.2, 0.25) is 0 Å². The molecule has 1 aliphatic heterocycles. The van der Waals surface area contributed by atoms with Crippen LogP contribution in [-0.4, -0.2) is 51.3 Å². The zero-order valence-corrected chi connectivity index (χ0v) is 14.7. The molecule has 25 heavy (non-hydrogen) atoms. The molecular formula is C19H24N4O2. The van der Waals surface area contributed by atoms with Gasteiger partial charge in [0, 0.05) is 51.2 Å². The van der Waals surface area contributed by atoms with Crippen LogP contribution in [0, 0.1) is 0 Å². The molecule has 1 fully saturated rings. The number of hydrogen-bond acceptors (Lipinski definition) is 5. The number of morpholine rings is 1. The number of carbonyl (C=O) groups is 1. The van der Waals surface area contributed by atoms with Crippen LogP contribution >= 0.6 is 0 Å². The Labute approximate surface area is 148 Å². The third-order valence-corrected chi connectivity index (χ3v) is 4.25. The summed E-state index contributed by atoms with van der Waals surface area (Å²) in [6, 6.07) is 11.7. The average molecular weight is 340 g/mol. The molecule has 1 aromatic carbocycles. The van der Waals surface area contributed by atoms with E-state index >= 15 is 0 Å². The molecule has 3 rings (SSSR count). The van der Waals surface area contributed by atoms with Crippen molar-refractivity contribution in [3.05, 3.63) is 53.7 Å². The molecule has 2 heterocycles. The molecule has 0 aliphatic carbocycles. The van der Waals surface area contributed by atoms with E-state index in [1.165, 1.54) is 0 Å². The maximum atomic E-state index is 12.5. The van der Waals surface area contributed by atoms with Gasteiger partial charge in [0.05, 0.1) is 13.2 Å². The van der Waals surface area contributed by atoms with Gasteiger partial charge in [0.15, 0.2) is 0 Å². The Hall–Kier alpha value is -2.60. The Bertz CT molecular complexity index is 727. The number of nitrogens with zero attached hydrogens (tertiary/aromatic N) is 3. The summed E-state index contributed by atoms with van der Waals surface area (Å²) in [6.45, 7) is 3.73. The Morgan fingerprint density at radius 2 is 2.00 bits per heavy atom. The second-order valence-corrected chi connectivity index (χ2v) is 6.21. The number of nitrogens with one attached hydrogen (secondary N) is 1. The summed E-state index contributed by atoms with van der Waals surface area (Å²) >= 11 is 0. The minimum Gasteiger partial charge on any atom is -0.378 e. The molecule has 6 heteroatoms. The maximum Gasteiger partial charge on any atom is 0.251 e. The number of para-hydroxylation sites is 1. The predicted molar refractivity (Wildman–Crippen MR) is 99.2 cm³/mol. The van der Waals surface area contributed by atoms with E-state index in [-0.39, 0.29) is 5.91 Å². The first-order valence-electron chi connectivity index (χ1n) is 8.47. The Kier molecular flexibility index (Phi) is 5.50. The van der Waals surface area contributed by atoms with Crippen molar-refractivity contribution in [1.82, 2.24) is 10.3 Å². The molecule has 2 aromatic rings. The van der Waals surface area contributed by atoms with Gasteiger partial charge in [0.1, 0.15) is 5.82 Å². The van der Waals surface area contributed by atoms with Crippen LogP contribution in [0.25, 0.3) is 0 Å². The van der Waals surface area contributed by atoms with Gasteiger partial charge in [0.25, 0.3) is 5.91 Å². The fraction of sp³-hybridized carbons (Fsp3) is 0.368. The normalized spacial score (nSPS) is 14.2. The summed E-state index contributed by atoms with van der Waals surface area (Å²) in [6.07, 6.45) is 1.66. The van der Waals surface area contributed by atoms with Crippen molar-refractivity contribution < 1.29 is 9.53 Å². The fourth-order valence-electron chi connectivity index (χ4n) is 2.85.